The van der Waals surface area contributed by atoms with Gasteiger partial charge in [0.25, 0.3) is 5.91 Å². The normalized spacial score (nSPS) is 9.85. The Kier molecular flexibility index (Phi) is 3.92. The Hall–Kier alpha value is -2.51. The molecule has 0 saturated heterocycles. The van der Waals surface area contributed by atoms with E-state index in [4.69, 9.17) is 22.6 Å². The summed E-state index contributed by atoms with van der Waals surface area (Å²) in [5.41, 5.74) is 8.50. The van der Waals surface area contributed by atoms with E-state index in [1.54, 1.807) is 36.4 Å². The number of nitrogens with two attached hydrogens (primary N) is 1. The first-order valence-corrected chi connectivity index (χ1v) is 6.26. The summed E-state index contributed by atoms with van der Waals surface area (Å²) in [4.78, 5) is 12.2. The van der Waals surface area contributed by atoms with Crippen LogP contribution in [0.1, 0.15) is 21.5 Å². The molecule has 4 nitrogen and oxygen atoms in total. The molecule has 0 aliphatic heterocycles. The molecule has 0 bridgehead atoms. The Bertz CT molecular complexity index is 720. The number of hydrogen-bond acceptors (Lipinski definition) is 3. The quantitative estimate of drug-likeness (QED) is 0.831. The minimum atomic E-state index is -0.247. The van der Waals surface area contributed by atoms with Crippen LogP contribution in [0, 0.1) is 18.3 Å². The molecule has 0 saturated carbocycles. The lowest BCUT2D eigenvalue weighted by Gasteiger charge is -2.09. The Morgan fingerprint density at radius 3 is 2.65 bits per heavy atom. The number of rotatable bonds is 2. The number of nitrogens with one attached hydrogen (secondary N) is 1. The second-order valence-electron chi connectivity index (χ2n) is 4.33. The largest absolute Gasteiger partial charge is 0.399 e. The van der Waals surface area contributed by atoms with Crippen molar-refractivity contribution in [3.63, 3.8) is 0 Å². The van der Waals surface area contributed by atoms with Crippen LogP contribution >= 0.6 is 11.6 Å². The van der Waals surface area contributed by atoms with Crippen LogP contribution in [0.4, 0.5) is 11.4 Å². The standard InChI is InChI=1S/C15H12ClN3O/c1-9-6-11(18)3-5-13(9)15(20)19-12-4-2-10(8-17)14(16)7-12/h2-7H,18H2,1H3,(H,19,20). The number of hydrogen-bond donors (Lipinski definition) is 2. The zero-order valence-electron chi connectivity index (χ0n) is 10.8. The van der Waals surface area contributed by atoms with Crippen LogP contribution in [-0.4, -0.2) is 5.91 Å². The third kappa shape index (κ3) is 2.90. The van der Waals surface area contributed by atoms with Gasteiger partial charge in [0.1, 0.15) is 6.07 Å². The number of carbonyl (C=O) groups is 1. The van der Waals surface area contributed by atoms with Crippen LogP contribution in [0.2, 0.25) is 5.02 Å². The maximum Gasteiger partial charge on any atom is 0.255 e. The van der Waals surface area contributed by atoms with E-state index in [0.717, 1.165) is 5.56 Å². The van der Waals surface area contributed by atoms with E-state index < -0.39 is 0 Å². The van der Waals surface area contributed by atoms with Crippen LogP contribution in [0.15, 0.2) is 36.4 Å². The van der Waals surface area contributed by atoms with Crippen LogP contribution in [0.3, 0.4) is 0 Å². The highest BCUT2D eigenvalue weighted by Crippen LogP contribution is 2.21. The van der Waals surface area contributed by atoms with E-state index in [0.29, 0.717) is 27.5 Å². The van der Waals surface area contributed by atoms with Crippen LogP contribution < -0.4 is 11.1 Å². The molecule has 1 amide bonds. The van der Waals surface area contributed by atoms with Crippen molar-refractivity contribution in [2.45, 2.75) is 6.92 Å². The molecule has 0 radical (unpaired) electrons. The first-order valence-electron chi connectivity index (χ1n) is 5.88. The Labute approximate surface area is 121 Å². The minimum absolute atomic E-state index is 0.247. The average molecular weight is 286 g/mol. The van der Waals surface area contributed by atoms with Gasteiger partial charge >= 0.3 is 0 Å². The van der Waals surface area contributed by atoms with E-state index >= 15 is 0 Å². The van der Waals surface area contributed by atoms with E-state index in [9.17, 15) is 4.79 Å². The van der Waals surface area contributed by atoms with Gasteiger partial charge in [-0.15, -0.1) is 0 Å². The van der Waals surface area contributed by atoms with Gasteiger partial charge in [-0.3, -0.25) is 4.79 Å². The highest BCUT2D eigenvalue weighted by Gasteiger charge is 2.10. The van der Waals surface area contributed by atoms with Gasteiger partial charge in [0, 0.05) is 16.9 Å². The van der Waals surface area contributed by atoms with E-state index in [1.165, 1.54) is 0 Å². The number of halogens is 1. The molecule has 20 heavy (non-hydrogen) atoms. The van der Waals surface area contributed by atoms with Gasteiger partial charge in [-0.1, -0.05) is 11.6 Å². The summed E-state index contributed by atoms with van der Waals surface area (Å²) in [6, 6.07) is 11.8. The predicted octanol–water partition coefficient (Wildman–Crippen LogP) is 3.35. The second kappa shape index (κ2) is 5.64. The maximum atomic E-state index is 12.2. The number of benzene rings is 2. The third-order valence-electron chi connectivity index (χ3n) is 2.84. The molecule has 0 aromatic heterocycles. The molecular weight excluding hydrogens is 274 g/mol. The first-order chi connectivity index (χ1) is 9.51. The van der Waals surface area contributed by atoms with Crippen LogP contribution in [-0.2, 0) is 0 Å². The van der Waals surface area contributed by atoms with Gasteiger partial charge in [-0.05, 0) is 48.9 Å². The van der Waals surface area contributed by atoms with Crippen molar-refractivity contribution in [3.8, 4) is 6.07 Å². The third-order valence-corrected chi connectivity index (χ3v) is 3.16. The molecule has 0 atom stereocenters. The number of nitrogen functional groups attached to an aromatic ring is 1. The SMILES string of the molecule is Cc1cc(N)ccc1C(=O)Nc1ccc(C#N)c(Cl)c1. The molecule has 2 aromatic rings. The van der Waals surface area contributed by atoms with E-state index in [2.05, 4.69) is 5.32 Å². The molecule has 3 N–H and O–H groups in total. The molecule has 2 rings (SSSR count). The molecule has 100 valence electrons. The number of nitrogens with zero attached hydrogens (tertiary/aromatic N) is 1. The highest BCUT2D eigenvalue weighted by molar-refractivity contribution is 6.32. The smallest absolute Gasteiger partial charge is 0.255 e. The summed E-state index contributed by atoms with van der Waals surface area (Å²) in [7, 11) is 0. The second-order valence-corrected chi connectivity index (χ2v) is 4.74. The fourth-order valence-corrected chi connectivity index (χ4v) is 2.05. The number of aryl methyl sites for hydroxylation is 1. The fourth-order valence-electron chi connectivity index (χ4n) is 1.82. The molecule has 0 aliphatic rings. The Morgan fingerprint density at radius 1 is 1.30 bits per heavy atom. The van der Waals surface area contributed by atoms with Gasteiger partial charge < -0.3 is 11.1 Å². The lowest BCUT2D eigenvalue weighted by atomic mass is 10.1. The molecule has 0 aliphatic carbocycles. The first kappa shape index (κ1) is 13.9. The average Bonchev–Trinajstić information content (AvgIpc) is 2.38. The van der Waals surface area contributed by atoms with Gasteiger partial charge in [-0.25, -0.2) is 0 Å². The van der Waals surface area contributed by atoms with Crippen molar-refractivity contribution in [1.29, 1.82) is 5.26 Å². The van der Waals surface area contributed by atoms with Gasteiger partial charge in [0.05, 0.1) is 10.6 Å². The summed E-state index contributed by atoms with van der Waals surface area (Å²) in [6.45, 7) is 1.82. The molecule has 0 fully saturated rings. The molecular formula is C15H12ClN3O. The summed E-state index contributed by atoms with van der Waals surface area (Å²) < 4.78 is 0. The fraction of sp³-hybridized carbons (Fsp3) is 0.0667. The molecule has 2 aromatic carbocycles. The zero-order chi connectivity index (χ0) is 14.7. The van der Waals surface area contributed by atoms with Crippen LogP contribution in [0.25, 0.3) is 0 Å². The monoisotopic (exact) mass is 285 g/mol. The predicted molar refractivity (Wildman–Crippen MR) is 79.7 cm³/mol. The van der Waals surface area contributed by atoms with Crippen molar-refractivity contribution in [1.82, 2.24) is 0 Å². The topological polar surface area (TPSA) is 78.9 Å². The summed E-state index contributed by atoms with van der Waals surface area (Å²) in [6.07, 6.45) is 0. The number of nitriles is 1. The summed E-state index contributed by atoms with van der Waals surface area (Å²) >= 11 is 5.92. The molecule has 0 heterocycles. The Balaban J connectivity index is 2.24. The highest BCUT2D eigenvalue weighted by atomic mass is 35.5. The number of anilines is 2. The van der Waals surface area contributed by atoms with Crippen molar-refractivity contribution in [2.24, 2.45) is 0 Å². The summed E-state index contributed by atoms with van der Waals surface area (Å²) in [5.74, 6) is -0.247. The molecule has 0 spiro atoms. The van der Waals surface area contributed by atoms with Crippen molar-refractivity contribution >= 4 is 28.9 Å². The lowest BCUT2D eigenvalue weighted by molar-refractivity contribution is 0.102. The van der Waals surface area contributed by atoms with E-state index in [-0.39, 0.29) is 5.91 Å². The lowest BCUT2D eigenvalue weighted by Crippen LogP contribution is -2.13. The maximum absolute atomic E-state index is 12.2. The van der Waals surface area contributed by atoms with Crippen molar-refractivity contribution in [3.05, 3.63) is 58.1 Å². The number of amides is 1. The zero-order valence-corrected chi connectivity index (χ0v) is 11.5. The molecule has 5 heteroatoms. The van der Waals surface area contributed by atoms with Crippen molar-refractivity contribution in [2.75, 3.05) is 11.1 Å². The summed E-state index contributed by atoms with van der Waals surface area (Å²) in [5, 5.41) is 11.8. The van der Waals surface area contributed by atoms with Gasteiger partial charge in [0.2, 0.25) is 0 Å². The van der Waals surface area contributed by atoms with Crippen LogP contribution in [0.5, 0.6) is 0 Å². The van der Waals surface area contributed by atoms with Gasteiger partial charge in [0.15, 0.2) is 0 Å². The van der Waals surface area contributed by atoms with Crippen molar-refractivity contribution < 1.29 is 4.79 Å². The van der Waals surface area contributed by atoms with Gasteiger partial charge in [-0.2, -0.15) is 5.26 Å². The minimum Gasteiger partial charge on any atom is -0.399 e. The number of carbonyl (C=O) groups excluding carboxylic acids is 1. The molecule has 0 unspecified atom stereocenters. The Morgan fingerprint density at radius 2 is 2.05 bits per heavy atom. The van der Waals surface area contributed by atoms with E-state index in [1.807, 2.05) is 13.0 Å².